The summed E-state index contributed by atoms with van der Waals surface area (Å²) >= 11 is 0. The molecule has 0 radical (unpaired) electrons. The standard InChI is InChI=1S/C18H19NO3/c20-17(15-8-11-5-6-12(15)7-11)19-9-13-3-1-2-4-14(13)16(10-19)18(21)22/h1-6,11-12,15-16H,7-10H2,(H,21,22). The van der Waals surface area contributed by atoms with Crippen molar-refractivity contribution in [1.82, 2.24) is 4.90 Å². The first kappa shape index (κ1) is 13.6. The SMILES string of the molecule is O=C(O)C1CN(C(=O)C2CC3C=CC2C3)Cc2ccccc21. The summed E-state index contributed by atoms with van der Waals surface area (Å²) in [5, 5.41) is 9.51. The van der Waals surface area contributed by atoms with Crippen molar-refractivity contribution < 1.29 is 14.7 Å². The summed E-state index contributed by atoms with van der Waals surface area (Å²) in [7, 11) is 0. The molecule has 1 saturated carbocycles. The summed E-state index contributed by atoms with van der Waals surface area (Å²) in [5.74, 6) is -0.364. The van der Waals surface area contributed by atoms with Gasteiger partial charge in [0, 0.05) is 19.0 Å². The van der Waals surface area contributed by atoms with Crippen LogP contribution in [0.5, 0.6) is 0 Å². The lowest BCUT2D eigenvalue weighted by Crippen LogP contribution is -2.44. The minimum Gasteiger partial charge on any atom is -0.481 e. The van der Waals surface area contributed by atoms with Crippen molar-refractivity contribution in [3.8, 4) is 0 Å². The average molecular weight is 297 g/mol. The number of nitrogens with zero attached hydrogens (tertiary/aromatic N) is 1. The Balaban J connectivity index is 1.60. The monoisotopic (exact) mass is 297 g/mol. The van der Waals surface area contributed by atoms with E-state index in [9.17, 15) is 14.7 Å². The maximum absolute atomic E-state index is 12.9. The van der Waals surface area contributed by atoms with Gasteiger partial charge in [0.2, 0.25) is 5.91 Å². The molecule has 4 atom stereocenters. The fourth-order valence-corrected chi connectivity index (χ4v) is 4.29. The molecule has 2 aliphatic carbocycles. The molecule has 114 valence electrons. The molecule has 0 aromatic heterocycles. The fourth-order valence-electron chi connectivity index (χ4n) is 4.29. The number of benzene rings is 1. The third-order valence-corrected chi connectivity index (χ3v) is 5.40. The van der Waals surface area contributed by atoms with Crippen LogP contribution in [0.4, 0.5) is 0 Å². The first-order chi connectivity index (χ1) is 10.6. The largest absolute Gasteiger partial charge is 0.481 e. The van der Waals surface area contributed by atoms with Crippen molar-refractivity contribution in [3.63, 3.8) is 0 Å². The second kappa shape index (κ2) is 4.97. The molecule has 1 fully saturated rings. The van der Waals surface area contributed by atoms with E-state index in [0.29, 0.717) is 24.9 Å². The normalized spacial score (nSPS) is 32.1. The minimum atomic E-state index is -0.849. The van der Waals surface area contributed by atoms with Crippen LogP contribution in [0.25, 0.3) is 0 Å². The molecule has 1 N–H and O–H groups in total. The van der Waals surface area contributed by atoms with Gasteiger partial charge in [-0.2, -0.15) is 0 Å². The molecular weight excluding hydrogens is 278 g/mol. The molecule has 1 amide bonds. The maximum atomic E-state index is 12.9. The van der Waals surface area contributed by atoms with Crippen molar-refractivity contribution >= 4 is 11.9 Å². The zero-order valence-corrected chi connectivity index (χ0v) is 12.3. The lowest BCUT2D eigenvalue weighted by atomic mass is 9.87. The van der Waals surface area contributed by atoms with E-state index in [4.69, 9.17) is 0 Å². The van der Waals surface area contributed by atoms with E-state index in [1.165, 1.54) is 0 Å². The van der Waals surface area contributed by atoms with Crippen LogP contribution in [0.3, 0.4) is 0 Å². The highest BCUT2D eigenvalue weighted by atomic mass is 16.4. The second-order valence-electron chi connectivity index (χ2n) is 6.70. The molecule has 4 unspecified atom stereocenters. The molecule has 0 spiro atoms. The number of allylic oxidation sites excluding steroid dienone is 2. The number of carboxylic acids is 1. The highest BCUT2D eigenvalue weighted by molar-refractivity contribution is 5.83. The smallest absolute Gasteiger partial charge is 0.312 e. The molecule has 4 nitrogen and oxygen atoms in total. The Morgan fingerprint density at radius 1 is 1.14 bits per heavy atom. The van der Waals surface area contributed by atoms with E-state index in [1.807, 2.05) is 24.3 Å². The number of carbonyl (C=O) groups is 2. The summed E-state index contributed by atoms with van der Waals surface area (Å²) in [4.78, 5) is 26.2. The van der Waals surface area contributed by atoms with Crippen LogP contribution in [-0.4, -0.2) is 28.4 Å². The van der Waals surface area contributed by atoms with E-state index in [0.717, 1.165) is 24.0 Å². The van der Waals surface area contributed by atoms with Crippen molar-refractivity contribution in [2.45, 2.75) is 25.3 Å². The summed E-state index contributed by atoms with van der Waals surface area (Å²) in [6, 6.07) is 7.58. The third kappa shape index (κ3) is 2.05. The van der Waals surface area contributed by atoms with E-state index in [1.54, 1.807) is 4.90 Å². The van der Waals surface area contributed by atoms with E-state index >= 15 is 0 Å². The molecule has 4 heteroatoms. The van der Waals surface area contributed by atoms with Crippen LogP contribution in [-0.2, 0) is 16.1 Å². The number of hydrogen-bond donors (Lipinski definition) is 1. The van der Waals surface area contributed by atoms with Gasteiger partial charge in [-0.15, -0.1) is 0 Å². The van der Waals surface area contributed by atoms with Crippen LogP contribution < -0.4 is 0 Å². The maximum Gasteiger partial charge on any atom is 0.312 e. The Morgan fingerprint density at radius 3 is 2.64 bits per heavy atom. The molecular formula is C18H19NO3. The van der Waals surface area contributed by atoms with Crippen LogP contribution in [0, 0.1) is 17.8 Å². The van der Waals surface area contributed by atoms with Gasteiger partial charge in [-0.1, -0.05) is 36.4 Å². The zero-order valence-electron chi connectivity index (χ0n) is 12.3. The van der Waals surface area contributed by atoms with Crippen molar-refractivity contribution in [2.24, 2.45) is 17.8 Å². The number of aliphatic carboxylic acids is 1. The Hall–Kier alpha value is -2.10. The molecule has 1 aromatic carbocycles. The predicted molar refractivity (Wildman–Crippen MR) is 81.1 cm³/mol. The van der Waals surface area contributed by atoms with Crippen molar-refractivity contribution in [3.05, 3.63) is 47.5 Å². The summed E-state index contributed by atoms with van der Waals surface area (Å²) in [5.41, 5.74) is 1.82. The number of carbonyl (C=O) groups excluding carboxylic acids is 1. The molecule has 22 heavy (non-hydrogen) atoms. The summed E-state index contributed by atoms with van der Waals surface area (Å²) in [6.07, 6.45) is 6.41. The molecule has 1 aliphatic heterocycles. The van der Waals surface area contributed by atoms with Gasteiger partial charge in [-0.3, -0.25) is 9.59 Å². The van der Waals surface area contributed by atoms with E-state index in [-0.39, 0.29) is 11.8 Å². The average Bonchev–Trinajstić information content (AvgIpc) is 3.16. The first-order valence-electron chi connectivity index (χ1n) is 7.91. The van der Waals surface area contributed by atoms with Gasteiger partial charge >= 0.3 is 5.97 Å². The second-order valence-corrected chi connectivity index (χ2v) is 6.70. The van der Waals surface area contributed by atoms with Crippen LogP contribution >= 0.6 is 0 Å². The first-order valence-corrected chi connectivity index (χ1v) is 7.91. The Labute approximate surface area is 129 Å². The van der Waals surface area contributed by atoms with Gasteiger partial charge in [0.15, 0.2) is 0 Å². The lowest BCUT2D eigenvalue weighted by molar-refractivity contribution is -0.143. The summed E-state index contributed by atoms with van der Waals surface area (Å²) < 4.78 is 0. The Kier molecular flexibility index (Phi) is 3.06. The molecule has 1 heterocycles. The Bertz CT molecular complexity index is 666. The molecule has 0 saturated heterocycles. The summed E-state index contributed by atoms with van der Waals surface area (Å²) in [6.45, 7) is 0.833. The number of fused-ring (bicyclic) bond motifs is 3. The van der Waals surface area contributed by atoms with Crippen molar-refractivity contribution in [2.75, 3.05) is 6.54 Å². The Morgan fingerprint density at radius 2 is 1.95 bits per heavy atom. The van der Waals surface area contributed by atoms with Gasteiger partial charge in [0.1, 0.15) is 0 Å². The van der Waals surface area contributed by atoms with Crippen molar-refractivity contribution in [1.29, 1.82) is 0 Å². The third-order valence-electron chi connectivity index (χ3n) is 5.40. The van der Waals surface area contributed by atoms with E-state index in [2.05, 4.69) is 12.2 Å². The van der Waals surface area contributed by atoms with Crippen LogP contribution in [0.2, 0.25) is 0 Å². The van der Waals surface area contributed by atoms with Gasteiger partial charge in [-0.25, -0.2) is 0 Å². The number of hydrogen-bond acceptors (Lipinski definition) is 2. The van der Waals surface area contributed by atoms with Crippen LogP contribution in [0.1, 0.15) is 29.9 Å². The number of rotatable bonds is 2. The topological polar surface area (TPSA) is 57.6 Å². The molecule has 1 aromatic rings. The predicted octanol–water partition coefficient (Wildman–Crippen LogP) is 2.41. The highest BCUT2D eigenvalue weighted by Gasteiger charge is 2.43. The highest BCUT2D eigenvalue weighted by Crippen LogP contribution is 2.44. The van der Waals surface area contributed by atoms with E-state index < -0.39 is 11.9 Å². The minimum absolute atomic E-state index is 0.0507. The fraction of sp³-hybridized carbons (Fsp3) is 0.444. The molecule has 4 rings (SSSR count). The lowest BCUT2D eigenvalue weighted by Gasteiger charge is -2.35. The quantitative estimate of drug-likeness (QED) is 0.853. The van der Waals surface area contributed by atoms with Gasteiger partial charge in [-0.05, 0) is 35.8 Å². The van der Waals surface area contributed by atoms with Gasteiger partial charge < -0.3 is 10.0 Å². The van der Waals surface area contributed by atoms with Crippen LogP contribution in [0.15, 0.2) is 36.4 Å². The number of amides is 1. The molecule has 3 aliphatic rings. The van der Waals surface area contributed by atoms with Gasteiger partial charge in [0.05, 0.1) is 5.92 Å². The molecule has 2 bridgehead atoms. The van der Waals surface area contributed by atoms with Gasteiger partial charge in [0.25, 0.3) is 0 Å². The zero-order chi connectivity index (χ0) is 15.3. The number of carboxylic acid groups (broad SMARTS) is 1.